The highest BCUT2D eigenvalue weighted by molar-refractivity contribution is 5.37. The quantitative estimate of drug-likeness (QED) is 0.874. The van der Waals surface area contributed by atoms with Gasteiger partial charge in [0.25, 0.3) is 0 Å². The maximum atomic E-state index is 13.1. The molecule has 2 unspecified atom stereocenters. The lowest BCUT2D eigenvalue weighted by Crippen LogP contribution is -2.31. The summed E-state index contributed by atoms with van der Waals surface area (Å²) in [7, 11) is 0. The molecule has 0 saturated carbocycles. The topological polar surface area (TPSA) is 29.5 Å². The summed E-state index contributed by atoms with van der Waals surface area (Å²) < 4.78 is 18.9. The normalized spacial score (nSPS) is 24.9. The van der Waals surface area contributed by atoms with Crippen LogP contribution in [-0.4, -0.2) is 11.2 Å². The molecule has 1 heterocycles. The lowest BCUT2D eigenvalue weighted by Gasteiger charge is -2.33. The lowest BCUT2D eigenvalue weighted by atomic mass is 9.90. The standard InChI is InChI=1S/C14H19FO2/c1-3-4-9(2)13-8-12(16)11-6-5-10(15)7-14(11)17-13/h5-7,9,12-13,16H,3-4,8H2,1-2H3/t9?,12-,13?/m0/s1. The van der Waals surface area contributed by atoms with Crippen LogP contribution in [0, 0.1) is 11.7 Å². The molecule has 17 heavy (non-hydrogen) atoms. The van der Waals surface area contributed by atoms with Gasteiger partial charge < -0.3 is 9.84 Å². The molecule has 2 rings (SSSR count). The zero-order chi connectivity index (χ0) is 12.4. The Bertz CT molecular complexity index is 392. The molecule has 0 fully saturated rings. The summed E-state index contributed by atoms with van der Waals surface area (Å²) in [6.07, 6.45) is 2.19. The van der Waals surface area contributed by atoms with Gasteiger partial charge in [0.2, 0.25) is 0 Å². The molecule has 0 aromatic heterocycles. The van der Waals surface area contributed by atoms with Crippen LogP contribution in [0.15, 0.2) is 18.2 Å². The van der Waals surface area contributed by atoms with Crippen LogP contribution in [0.4, 0.5) is 4.39 Å². The van der Waals surface area contributed by atoms with Crippen LogP contribution in [0.25, 0.3) is 0 Å². The Morgan fingerprint density at radius 2 is 2.29 bits per heavy atom. The van der Waals surface area contributed by atoms with Crippen molar-refractivity contribution in [2.45, 2.75) is 45.3 Å². The average molecular weight is 238 g/mol. The van der Waals surface area contributed by atoms with Gasteiger partial charge in [0.1, 0.15) is 17.7 Å². The van der Waals surface area contributed by atoms with Crippen LogP contribution in [0.1, 0.15) is 44.8 Å². The molecule has 1 aromatic rings. The molecule has 94 valence electrons. The van der Waals surface area contributed by atoms with Crippen LogP contribution in [0.3, 0.4) is 0 Å². The number of aliphatic hydroxyl groups excluding tert-OH is 1. The zero-order valence-corrected chi connectivity index (χ0v) is 10.3. The molecule has 1 aromatic carbocycles. The third-order valence-electron chi connectivity index (χ3n) is 3.45. The van der Waals surface area contributed by atoms with E-state index < -0.39 is 6.10 Å². The van der Waals surface area contributed by atoms with Crippen molar-refractivity contribution in [1.82, 2.24) is 0 Å². The van der Waals surface area contributed by atoms with E-state index in [1.807, 2.05) is 0 Å². The highest BCUT2D eigenvalue weighted by Crippen LogP contribution is 2.37. The van der Waals surface area contributed by atoms with E-state index in [2.05, 4.69) is 13.8 Å². The first-order valence-corrected chi connectivity index (χ1v) is 6.26. The fourth-order valence-corrected chi connectivity index (χ4v) is 2.43. The van der Waals surface area contributed by atoms with Crippen LogP contribution in [-0.2, 0) is 0 Å². The van der Waals surface area contributed by atoms with E-state index in [4.69, 9.17) is 4.74 Å². The maximum Gasteiger partial charge on any atom is 0.128 e. The third kappa shape index (κ3) is 2.60. The third-order valence-corrected chi connectivity index (χ3v) is 3.45. The first kappa shape index (κ1) is 12.4. The number of fused-ring (bicyclic) bond motifs is 1. The van der Waals surface area contributed by atoms with E-state index in [1.54, 1.807) is 6.07 Å². The molecule has 0 bridgehead atoms. The van der Waals surface area contributed by atoms with E-state index >= 15 is 0 Å². The Labute approximate surface area is 101 Å². The molecule has 2 nitrogen and oxygen atoms in total. The lowest BCUT2D eigenvalue weighted by molar-refractivity contribution is 0.0358. The summed E-state index contributed by atoms with van der Waals surface area (Å²) in [6.45, 7) is 4.24. The molecular weight excluding hydrogens is 219 g/mol. The second-order valence-corrected chi connectivity index (χ2v) is 4.86. The van der Waals surface area contributed by atoms with E-state index in [9.17, 15) is 9.50 Å². The number of hydrogen-bond acceptors (Lipinski definition) is 2. The molecule has 1 aliphatic heterocycles. The van der Waals surface area contributed by atoms with Gasteiger partial charge >= 0.3 is 0 Å². The Balaban J connectivity index is 2.19. The van der Waals surface area contributed by atoms with Gasteiger partial charge in [-0.25, -0.2) is 4.39 Å². The fourth-order valence-electron chi connectivity index (χ4n) is 2.43. The minimum Gasteiger partial charge on any atom is -0.490 e. The largest absolute Gasteiger partial charge is 0.490 e. The second kappa shape index (κ2) is 5.05. The number of aliphatic hydroxyl groups is 1. The fraction of sp³-hybridized carbons (Fsp3) is 0.571. The maximum absolute atomic E-state index is 13.1. The van der Waals surface area contributed by atoms with Gasteiger partial charge in [-0.15, -0.1) is 0 Å². The van der Waals surface area contributed by atoms with Gasteiger partial charge in [0, 0.05) is 18.1 Å². The van der Waals surface area contributed by atoms with Gasteiger partial charge in [0.15, 0.2) is 0 Å². The molecule has 0 saturated heterocycles. The minimum absolute atomic E-state index is 0.0146. The summed E-state index contributed by atoms with van der Waals surface area (Å²) in [5, 5.41) is 10.0. The van der Waals surface area contributed by atoms with Gasteiger partial charge in [-0.05, 0) is 24.5 Å². The molecule has 1 N–H and O–H groups in total. The summed E-state index contributed by atoms with van der Waals surface area (Å²) >= 11 is 0. The smallest absolute Gasteiger partial charge is 0.128 e. The molecule has 0 radical (unpaired) electrons. The van der Waals surface area contributed by atoms with E-state index in [0.29, 0.717) is 23.7 Å². The Morgan fingerprint density at radius 1 is 1.53 bits per heavy atom. The second-order valence-electron chi connectivity index (χ2n) is 4.86. The predicted octanol–water partition coefficient (Wildman–Crippen LogP) is 3.45. The Kier molecular flexibility index (Phi) is 3.67. The minimum atomic E-state index is -0.538. The number of benzene rings is 1. The van der Waals surface area contributed by atoms with Crippen molar-refractivity contribution in [2.24, 2.45) is 5.92 Å². The highest BCUT2D eigenvalue weighted by Gasteiger charge is 2.30. The summed E-state index contributed by atoms with van der Waals surface area (Å²) in [6, 6.07) is 4.33. The zero-order valence-electron chi connectivity index (χ0n) is 10.3. The molecular formula is C14H19FO2. The van der Waals surface area contributed by atoms with Gasteiger partial charge in [-0.1, -0.05) is 20.3 Å². The van der Waals surface area contributed by atoms with E-state index in [-0.39, 0.29) is 11.9 Å². The van der Waals surface area contributed by atoms with Gasteiger partial charge in [-0.2, -0.15) is 0 Å². The molecule has 0 spiro atoms. The van der Waals surface area contributed by atoms with Crippen LogP contribution in [0.2, 0.25) is 0 Å². The average Bonchev–Trinajstić information content (AvgIpc) is 2.28. The first-order chi connectivity index (χ1) is 8.11. The van der Waals surface area contributed by atoms with Crippen molar-refractivity contribution in [3.63, 3.8) is 0 Å². The SMILES string of the molecule is CCCC(C)C1C[C@H](O)c2ccc(F)cc2O1. The van der Waals surface area contributed by atoms with Gasteiger partial charge in [-0.3, -0.25) is 0 Å². The molecule has 0 aliphatic carbocycles. The Morgan fingerprint density at radius 3 is 3.00 bits per heavy atom. The first-order valence-electron chi connectivity index (χ1n) is 6.26. The molecule has 0 amide bonds. The highest BCUT2D eigenvalue weighted by atomic mass is 19.1. The van der Waals surface area contributed by atoms with Crippen molar-refractivity contribution < 1.29 is 14.2 Å². The monoisotopic (exact) mass is 238 g/mol. The molecule has 3 atom stereocenters. The number of rotatable bonds is 3. The summed E-state index contributed by atoms with van der Waals surface area (Å²) in [5.41, 5.74) is 0.700. The Hall–Kier alpha value is -1.09. The predicted molar refractivity (Wildman–Crippen MR) is 64.5 cm³/mol. The van der Waals surface area contributed by atoms with Crippen molar-refractivity contribution in [3.05, 3.63) is 29.6 Å². The van der Waals surface area contributed by atoms with Crippen molar-refractivity contribution in [1.29, 1.82) is 0 Å². The van der Waals surface area contributed by atoms with Crippen LogP contribution in [0.5, 0.6) is 5.75 Å². The van der Waals surface area contributed by atoms with Crippen LogP contribution < -0.4 is 4.74 Å². The van der Waals surface area contributed by atoms with E-state index in [0.717, 1.165) is 12.8 Å². The van der Waals surface area contributed by atoms with Crippen molar-refractivity contribution in [2.75, 3.05) is 0 Å². The van der Waals surface area contributed by atoms with Crippen LogP contribution >= 0.6 is 0 Å². The van der Waals surface area contributed by atoms with Crippen molar-refractivity contribution >= 4 is 0 Å². The summed E-state index contributed by atoms with van der Waals surface area (Å²) in [4.78, 5) is 0. The van der Waals surface area contributed by atoms with Gasteiger partial charge in [0.05, 0.1) is 6.10 Å². The van der Waals surface area contributed by atoms with E-state index in [1.165, 1.54) is 12.1 Å². The molecule has 1 aliphatic rings. The number of halogens is 1. The summed E-state index contributed by atoms with van der Waals surface area (Å²) in [5.74, 6) is 0.558. The number of hydrogen-bond donors (Lipinski definition) is 1. The number of ether oxygens (including phenoxy) is 1. The molecule has 3 heteroatoms. The van der Waals surface area contributed by atoms with Crippen molar-refractivity contribution in [3.8, 4) is 5.75 Å².